The molecule has 2 atom stereocenters. The topological polar surface area (TPSA) is 60.6 Å². The molecule has 202 valence electrons. The maximum absolute atomic E-state index is 13.9. The van der Waals surface area contributed by atoms with Gasteiger partial charge in [-0.2, -0.15) is 0 Å². The van der Waals surface area contributed by atoms with Gasteiger partial charge in [0.2, 0.25) is 0 Å². The largest absolute Gasteiger partial charge is 0.325 e. The summed E-state index contributed by atoms with van der Waals surface area (Å²) in [7, 11) is 0. The molecule has 0 spiro atoms. The van der Waals surface area contributed by atoms with Gasteiger partial charge in [-0.25, -0.2) is 4.79 Å². The van der Waals surface area contributed by atoms with E-state index < -0.39 is 0 Å². The second-order valence-corrected chi connectivity index (χ2v) is 15.1. The number of amides is 2. The summed E-state index contributed by atoms with van der Waals surface area (Å²) in [4.78, 5) is 28.0. The molecule has 0 aliphatic carbocycles. The molecule has 6 aliphatic heterocycles. The van der Waals surface area contributed by atoms with Gasteiger partial charge in [-0.05, 0) is 81.1 Å². The second-order valence-electron chi connectivity index (χ2n) is 15.1. The molecule has 2 unspecified atom stereocenters. The molecule has 9 heteroatoms. The minimum atomic E-state index is 0.0727. The van der Waals surface area contributed by atoms with E-state index >= 15 is 0 Å². The molecule has 0 aromatic rings. The van der Waals surface area contributed by atoms with Gasteiger partial charge in [-0.1, -0.05) is 6.58 Å². The highest BCUT2D eigenvalue weighted by atomic mass is 16.2. The predicted octanol–water partition coefficient (Wildman–Crippen LogP) is 2.54. The minimum absolute atomic E-state index is 0.0727. The maximum Gasteiger partial charge on any atom is 0.325 e. The second kappa shape index (κ2) is 7.52. The standard InChI is InChI=1S/C27H48N8O/c1-18-32-14-30(19-10-24(2,3)28-25(4,5)11-19)16-34-21(32)22-33(18)15-31(17-35(22)23(34)36)20-12-26(6,7)29-27(8,9)13-20/h19-22,28-29H,1,10-17H2,2-9H3. The fourth-order valence-electron chi connectivity index (χ4n) is 8.85. The molecule has 0 saturated carbocycles. The van der Waals surface area contributed by atoms with Gasteiger partial charge in [-0.15, -0.1) is 0 Å². The number of nitrogens with zero attached hydrogens (tertiary/aromatic N) is 6. The van der Waals surface area contributed by atoms with Crippen LogP contribution >= 0.6 is 0 Å². The Morgan fingerprint density at radius 2 is 0.917 bits per heavy atom. The third kappa shape index (κ3) is 3.92. The smallest absolute Gasteiger partial charge is 0.321 e. The molecule has 6 rings (SSSR count). The van der Waals surface area contributed by atoms with E-state index in [1.165, 1.54) is 0 Å². The number of piperidine rings is 2. The van der Waals surface area contributed by atoms with Gasteiger partial charge in [-0.3, -0.25) is 19.6 Å². The number of hydrogen-bond donors (Lipinski definition) is 2. The summed E-state index contributed by atoms with van der Waals surface area (Å²) in [5.74, 6) is 1.07. The highest BCUT2D eigenvalue weighted by molar-refractivity contribution is 5.78. The lowest BCUT2D eigenvalue weighted by Gasteiger charge is -2.53. The molecule has 0 aromatic heterocycles. The summed E-state index contributed by atoms with van der Waals surface area (Å²) in [6, 6.07) is 1.04. The Labute approximate surface area is 217 Å². The zero-order chi connectivity index (χ0) is 26.0. The van der Waals surface area contributed by atoms with Crippen molar-refractivity contribution in [1.82, 2.24) is 40.0 Å². The van der Waals surface area contributed by atoms with Crippen LogP contribution in [0.15, 0.2) is 12.4 Å². The fourth-order valence-corrected chi connectivity index (χ4v) is 8.85. The van der Waals surface area contributed by atoms with Crippen molar-refractivity contribution in [2.45, 2.75) is 128 Å². The lowest BCUT2D eigenvalue weighted by molar-refractivity contribution is -0.0651. The van der Waals surface area contributed by atoms with Crippen molar-refractivity contribution in [2.75, 3.05) is 26.7 Å². The van der Waals surface area contributed by atoms with Crippen LogP contribution in [0.1, 0.15) is 81.1 Å². The first-order valence-electron chi connectivity index (χ1n) is 13.9. The average Bonchev–Trinajstić information content (AvgIpc) is 3.15. The molecule has 6 heterocycles. The van der Waals surface area contributed by atoms with Gasteiger partial charge in [0, 0.05) is 34.2 Å². The molecule has 36 heavy (non-hydrogen) atoms. The van der Waals surface area contributed by atoms with E-state index in [2.05, 4.69) is 102 Å². The predicted molar refractivity (Wildman–Crippen MR) is 141 cm³/mol. The number of rotatable bonds is 2. The maximum atomic E-state index is 13.9. The zero-order valence-corrected chi connectivity index (χ0v) is 23.8. The SMILES string of the molecule is C=C1N2CN(C3CC(C)(C)NC(C)(C)C3)CN3C(=O)N4CN(C5CC(C)(C)NC(C)(C)C5)CN1C4C23. The highest BCUT2D eigenvalue weighted by Gasteiger charge is 2.62. The summed E-state index contributed by atoms with van der Waals surface area (Å²) >= 11 is 0. The molecule has 9 nitrogen and oxygen atoms in total. The lowest BCUT2D eigenvalue weighted by atomic mass is 9.79. The molecule has 6 saturated heterocycles. The highest BCUT2D eigenvalue weighted by Crippen LogP contribution is 2.45. The van der Waals surface area contributed by atoms with Crippen LogP contribution in [0.4, 0.5) is 4.79 Å². The molecule has 2 N–H and O–H groups in total. The summed E-state index contributed by atoms with van der Waals surface area (Å²) in [5.41, 5.74) is 0.291. The Kier molecular flexibility index (Phi) is 5.17. The molecular weight excluding hydrogens is 452 g/mol. The number of urea groups is 1. The van der Waals surface area contributed by atoms with Gasteiger partial charge in [0.1, 0.15) is 18.2 Å². The summed E-state index contributed by atoms with van der Waals surface area (Å²) in [6.45, 7) is 26.1. The van der Waals surface area contributed by atoms with Crippen molar-refractivity contribution in [2.24, 2.45) is 0 Å². The molecule has 0 radical (unpaired) electrons. The summed E-state index contributed by atoms with van der Waals surface area (Å²) in [5, 5.41) is 7.63. The van der Waals surface area contributed by atoms with Crippen LogP contribution in [-0.2, 0) is 0 Å². The van der Waals surface area contributed by atoms with Crippen LogP contribution in [0.3, 0.4) is 0 Å². The van der Waals surface area contributed by atoms with E-state index in [0.717, 1.165) is 44.8 Å². The van der Waals surface area contributed by atoms with Crippen LogP contribution in [0.2, 0.25) is 0 Å². The van der Waals surface area contributed by atoms with Crippen molar-refractivity contribution < 1.29 is 4.79 Å². The van der Waals surface area contributed by atoms with E-state index in [0.29, 0.717) is 25.4 Å². The van der Waals surface area contributed by atoms with E-state index in [1.54, 1.807) is 0 Å². The van der Waals surface area contributed by atoms with Gasteiger partial charge < -0.3 is 20.4 Å². The Balaban J connectivity index is 1.24. The minimum Gasteiger partial charge on any atom is -0.321 e. The van der Waals surface area contributed by atoms with Crippen LogP contribution in [-0.4, -0.2) is 109 Å². The number of carbonyl (C=O) groups excluding carboxylic acids is 1. The van der Waals surface area contributed by atoms with Gasteiger partial charge in [0.05, 0.1) is 26.7 Å². The first kappa shape index (κ1) is 24.8. The molecule has 0 aromatic carbocycles. The average molecular weight is 501 g/mol. The third-order valence-electron chi connectivity index (χ3n) is 9.40. The monoisotopic (exact) mass is 500 g/mol. The summed E-state index contributed by atoms with van der Waals surface area (Å²) < 4.78 is 0. The van der Waals surface area contributed by atoms with Gasteiger partial charge >= 0.3 is 6.03 Å². The first-order valence-corrected chi connectivity index (χ1v) is 13.9. The van der Waals surface area contributed by atoms with E-state index in [-0.39, 0.29) is 40.5 Å². The Bertz CT molecular complexity index is 819. The molecule has 2 amide bonds. The molecule has 6 aliphatic rings. The number of carbonyl (C=O) groups is 1. The Morgan fingerprint density at radius 1 is 0.611 bits per heavy atom. The zero-order valence-electron chi connectivity index (χ0n) is 23.8. The third-order valence-corrected chi connectivity index (χ3v) is 9.40. The van der Waals surface area contributed by atoms with Crippen molar-refractivity contribution in [3.63, 3.8) is 0 Å². The fraction of sp³-hybridized carbons (Fsp3) is 0.889. The van der Waals surface area contributed by atoms with E-state index in [1.807, 2.05) is 0 Å². The summed E-state index contributed by atoms with van der Waals surface area (Å²) in [6.07, 6.45) is 4.47. The Morgan fingerprint density at radius 3 is 1.25 bits per heavy atom. The van der Waals surface area contributed by atoms with Crippen LogP contribution in [0, 0.1) is 0 Å². The molecule has 6 fully saturated rings. The van der Waals surface area contributed by atoms with Crippen LogP contribution < -0.4 is 10.6 Å². The van der Waals surface area contributed by atoms with Crippen molar-refractivity contribution in [3.8, 4) is 0 Å². The van der Waals surface area contributed by atoms with Crippen molar-refractivity contribution in [3.05, 3.63) is 12.4 Å². The normalized spacial score (nSPS) is 36.1. The number of nitrogens with one attached hydrogen (secondary N) is 2. The van der Waals surface area contributed by atoms with Crippen LogP contribution in [0.5, 0.6) is 0 Å². The first-order chi connectivity index (χ1) is 16.5. The van der Waals surface area contributed by atoms with Crippen molar-refractivity contribution in [1.29, 1.82) is 0 Å². The quantitative estimate of drug-likeness (QED) is 0.604. The Hall–Kier alpha value is -1.55. The lowest BCUT2D eigenvalue weighted by Crippen LogP contribution is -2.67. The number of hydrogen-bond acceptors (Lipinski definition) is 7. The molecule has 0 bridgehead atoms. The van der Waals surface area contributed by atoms with E-state index in [9.17, 15) is 4.79 Å². The van der Waals surface area contributed by atoms with Gasteiger partial charge in [0.15, 0.2) is 0 Å². The van der Waals surface area contributed by atoms with Crippen molar-refractivity contribution >= 4 is 6.03 Å². The molecular formula is C27H48N8O. The van der Waals surface area contributed by atoms with Gasteiger partial charge in [0.25, 0.3) is 0 Å². The van der Waals surface area contributed by atoms with E-state index in [4.69, 9.17) is 0 Å². The van der Waals surface area contributed by atoms with Crippen LogP contribution in [0.25, 0.3) is 0 Å².